The molecule has 0 amide bonds. The van der Waals surface area contributed by atoms with Gasteiger partial charge in [0.2, 0.25) is 0 Å². The first-order valence-electron chi connectivity index (χ1n) is 29.4. The Balaban J connectivity index is 4.49. The van der Waals surface area contributed by atoms with Crippen molar-refractivity contribution in [2.45, 2.75) is 271 Å². The van der Waals surface area contributed by atoms with Gasteiger partial charge in [-0.3, -0.25) is 14.4 Å². The van der Waals surface area contributed by atoms with Crippen molar-refractivity contribution < 1.29 is 28.6 Å². The normalized spacial score (nSPS) is 12.9. The lowest BCUT2D eigenvalue weighted by atomic mass is 10.1. The minimum atomic E-state index is -0.815. The highest BCUT2D eigenvalue weighted by atomic mass is 16.6. The second-order valence-electron chi connectivity index (χ2n) is 19.2. The average Bonchev–Trinajstić information content (AvgIpc) is 3.37. The second kappa shape index (κ2) is 58.6. The minimum Gasteiger partial charge on any atom is -0.462 e. The predicted octanol–water partition coefficient (Wildman–Crippen LogP) is 19.9. The summed E-state index contributed by atoms with van der Waals surface area (Å²) in [6.07, 6.45) is 79.4. The van der Waals surface area contributed by atoms with Crippen molar-refractivity contribution in [3.05, 3.63) is 109 Å². The van der Waals surface area contributed by atoms with Gasteiger partial charge in [0.25, 0.3) is 0 Å². The van der Waals surface area contributed by atoms with Crippen molar-refractivity contribution in [1.29, 1.82) is 0 Å². The lowest BCUT2D eigenvalue weighted by molar-refractivity contribution is -0.167. The van der Waals surface area contributed by atoms with Gasteiger partial charge in [-0.1, -0.05) is 226 Å². The van der Waals surface area contributed by atoms with Gasteiger partial charge in [0.1, 0.15) is 13.2 Å². The summed E-state index contributed by atoms with van der Waals surface area (Å²) in [4.78, 5) is 38.2. The second-order valence-corrected chi connectivity index (χ2v) is 19.2. The fourth-order valence-corrected chi connectivity index (χ4v) is 7.82. The minimum absolute atomic E-state index is 0.106. The summed E-state index contributed by atoms with van der Waals surface area (Å²) in [6.45, 7) is 6.44. The number of esters is 3. The molecule has 0 radical (unpaired) electrons. The third kappa shape index (κ3) is 56.9. The lowest BCUT2D eigenvalue weighted by Crippen LogP contribution is -2.30. The Hall–Kier alpha value is -3.93. The summed E-state index contributed by atoms with van der Waals surface area (Å²) in [6, 6.07) is 0. The van der Waals surface area contributed by atoms with Crippen LogP contribution >= 0.6 is 0 Å². The fourth-order valence-electron chi connectivity index (χ4n) is 7.82. The molecule has 0 saturated carbocycles. The first-order valence-corrected chi connectivity index (χ1v) is 29.4. The monoisotopic (exact) mass is 985 g/mol. The van der Waals surface area contributed by atoms with Crippen LogP contribution in [0.4, 0.5) is 0 Å². The van der Waals surface area contributed by atoms with Crippen molar-refractivity contribution in [2.24, 2.45) is 0 Å². The summed E-state index contributed by atoms with van der Waals surface area (Å²) >= 11 is 0. The number of unbranched alkanes of at least 4 members (excludes halogenated alkanes) is 23. The van der Waals surface area contributed by atoms with Crippen molar-refractivity contribution in [1.82, 2.24) is 0 Å². The van der Waals surface area contributed by atoms with Gasteiger partial charge in [0.15, 0.2) is 6.10 Å². The third-order valence-electron chi connectivity index (χ3n) is 12.2. The first-order chi connectivity index (χ1) is 35.0. The summed E-state index contributed by atoms with van der Waals surface area (Å²) < 4.78 is 16.8. The van der Waals surface area contributed by atoms with Gasteiger partial charge in [-0.05, 0) is 128 Å². The molecule has 0 aromatic carbocycles. The number of carbonyl (C=O) groups is 3. The number of hydrogen-bond acceptors (Lipinski definition) is 6. The maximum atomic E-state index is 12.8. The first kappa shape index (κ1) is 67.1. The quantitative estimate of drug-likeness (QED) is 0.0261. The van der Waals surface area contributed by atoms with Crippen LogP contribution in [-0.4, -0.2) is 37.2 Å². The standard InChI is InChI=1S/C65H108O6/c1-4-7-10-13-16-19-22-25-28-30-32-34-37-39-42-45-48-51-54-57-63(66)69-60-62(71-65(68)59-56-53-50-47-44-41-36-27-24-21-18-15-12-9-6-3)61-70-64(67)58-55-52-49-46-43-40-38-35-33-31-29-26-23-20-17-14-11-8-5-2/h7,10,16,18-19,21,25-29,32,34,36,39,42,44,47,62H,4-6,8-9,11-15,17,20,22-24,30-31,33,35,37-38,40-41,43,45-46,48-61H2,1-3H3/b10-7-,19-16-,21-18-,28-25-,29-26-,34-32-,36-27-,42-39-,47-44-/t62-/m1/s1. The largest absolute Gasteiger partial charge is 0.462 e. The molecule has 0 aromatic heterocycles. The molecule has 0 bridgehead atoms. The molecular weight excluding hydrogens is 877 g/mol. The zero-order valence-corrected chi connectivity index (χ0v) is 46.2. The summed E-state index contributed by atoms with van der Waals surface area (Å²) in [5, 5.41) is 0. The molecule has 0 spiro atoms. The van der Waals surface area contributed by atoms with E-state index in [-0.39, 0.29) is 37.5 Å². The average molecular weight is 986 g/mol. The Labute approximate surface area is 438 Å². The third-order valence-corrected chi connectivity index (χ3v) is 12.2. The van der Waals surface area contributed by atoms with E-state index in [1.54, 1.807) is 0 Å². The number of ether oxygens (including phenoxy) is 3. The van der Waals surface area contributed by atoms with Gasteiger partial charge in [-0.2, -0.15) is 0 Å². The van der Waals surface area contributed by atoms with Crippen LogP contribution in [0.2, 0.25) is 0 Å². The molecule has 0 heterocycles. The smallest absolute Gasteiger partial charge is 0.306 e. The predicted molar refractivity (Wildman–Crippen MR) is 307 cm³/mol. The molecule has 0 aromatic rings. The van der Waals surface area contributed by atoms with Crippen LogP contribution in [-0.2, 0) is 28.6 Å². The van der Waals surface area contributed by atoms with Crippen LogP contribution in [0.5, 0.6) is 0 Å². The Bertz CT molecular complexity index is 1460. The van der Waals surface area contributed by atoms with Gasteiger partial charge in [-0.25, -0.2) is 0 Å². The van der Waals surface area contributed by atoms with Crippen molar-refractivity contribution >= 4 is 17.9 Å². The molecule has 0 N–H and O–H groups in total. The van der Waals surface area contributed by atoms with Gasteiger partial charge in [-0.15, -0.1) is 0 Å². The molecule has 0 fully saturated rings. The molecule has 1 atom stereocenters. The zero-order valence-electron chi connectivity index (χ0n) is 46.2. The number of carbonyl (C=O) groups excluding carboxylic acids is 3. The maximum absolute atomic E-state index is 12.8. The Kier molecular flexibility index (Phi) is 55.4. The van der Waals surface area contributed by atoms with Crippen molar-refractivity contribution in [2.75, 3.05) is 13.2 Å². The lowest BCUT2D eigenvalue weighted by Gasteiger charge is -2.18. The van der Waals surface area contributed by atoms with E-state index in [0.29, 0.717) is 19.3 Å². The summed E-state index contributed by atoms with van der Waals surface area (Å²) in [5.41, 5.74) is 0. The van der Waals surface area contributed by atoms with Crippen molar-refractivity contribution in [3.63, 3.8) is 0 Å². The number of allylic oxidation sites excluding steroid dienone is 18. The molecule has 0 saturated heterocycles. The number of hydrogen-bond donors (Lipinski definition) is 0. The summed E-state index contributed by atoms with van der Waals surface area (Å²) in [5.74, 6) is -0.979. The van der Waals surface area contributed by atoms with Crippen molar-refractivity contribution in [3.8, 4) is 0 Å². The van der Waals surface area contributed by atoms with Crippen LogP contribution in [0.25, 0.3) is 0 Å². The molecule has 0 rings (SSSR count). The number of rotatable bonds is 52. The SMILES string of the molecule is CC/C=C\C/C=C\C/C=C\C/C=C\C/C=C\CCCCCC(=O)OC[C@H](COC(=O)CCCCCCCCCCC/C=C\CCCCCCCC)OC(=O)CCCC/C=C\C/C=C\C/C=C\CCCCC. The van der Waals surface area contributed by atoms with Gasteiger partial charge >= 0.3 is 17.9 Å². The highest BCUT2D eigenvalue weighted by Crippen LogP contribution is 2.14. The van der Waals surface area contributed by atoms with Crippen LogP contribution in [0.15, 0.2) is 109 Å². The van der Waals surface area contributed by atoms with E-state index >= 15 is 0 Å². The van der Waals surface area contributed by atoms with E-state index in [1.165, 1.54) is 116 Å². The Morgan fingerprint density at radius 2 is 0.549 bits per heavy atom. The van der Waals surface area contributed by atoms with E-state index < -0.39 is 6.10 Å². The van der Waals surface area contributed by atoms with E-state index in [1.807, 2.05) is 0 Å². The Morgan fingerprint density at radius 1 is 0.296 bits per heavy atom. The Morgan fingerprint density at radius 3 is 0.944 bits per heavy atom. The summed E-state index contributed by atoms with van der Waals surface area (Å²) in [7, 11) is 0. The molecule has 71 heavy (non-hydrogen) atoms. The van der Waals surface area contributed by atoms with Crippen LogP contribution in [0, 0.1) is 0 Å². The van der Waals surface area contributed by atoms with E-state index in [2.05, 4.69) is 130 Å². The molecular formula is C65H108O6. The van der Waals surface area contributed by atoms with Gasteiger partial charge in [0.05, 0.1) is 0 Å². The van der Waals surface area contributed by atoms with E-state index in [4.69, 9.17) is 14.2 Å². The topological polar surface area (TPSA) is 78.9 Å². The van der Waals surface area contributed by atoms with E-state index in [9.17, 15) is 14.4 Å². The van der Waals surface area contributed by atoms with Gasteiger partial charge < -0.3 is 14.2 Å². The maximum Gasteiger partial charge on any atom is 0.306 e. The molecule has 0 aliphatic rings. The van der Waals surface area contributed by atoms with E-state index in [0.717, 1.165) is 103 Å². The fraction of sp³-hybridized carbons (Fsp3) is 0.677. The molecule has 404 valence electrons. The van der Waals surface area contributed by atoms with Crippen LogP contribution in [0.3, 0.4) is 0 Å². The highest BCUT2D eigenvalue weighted by molar-refractivity contribution is 5.71. The molecule has 0 unspecified atom stereocenters. The van der Waals surface area contributed by atoms with Gasteiger partial charge in [0, 0.05) is 19.3 Å². The molecule has 6 nitrogen and oxygen atoms in total. The van der Waals surface area contributed by atoms with Crippen LogP contribution < -0.4 is 0 Å². The van der Waals surface area contributed by atoms with Crippen LogP contribution in [0.1, 0.15) is 265 Å². The zero-order chi connectivity index (χ0) is 51.4. The molecule has 0 aliphatic carbocycles. The highest BCUT2D eigenvalue weighted by Gasteiger charge is 2.19. The molecule has 0 aliphatic heterocycles. The molecule has 6 heteroatoms.